The van der Waals surface area contributed by atoms with Gasteiger partial charge in [-0.3, -0.25) is 4.79 Å². The van der Waals surface area contributed by atoms with E-state index in [0.717, 1.165) is 11.1 Å². The molecule has 33 heavy (non-hydrogen) atoms. The predicted molar refractivity (Wildman–Crippen MR) is 133 cm³/mol. The molecule has 0 bridgehead atoms. The van der Waals surface area contributed by atoms with Crippen molar-refractivity contribution in [1.29, 1.82) is 0 Å². The number of rotatable bonds is 3. The van der Waals surface area contributed by atoms with Gasteiger partial charge in [-0.15, -0.1) is 0 Å². The molecule has 1 spiro atoms. The summed E-state index contributed by atoms with van der Waals surface area (Å²) in [6.45, 7) is 18.2. The van der Waals surface area contributed by atoms with Gasteiger partial charge in [0.15, 0.2) is 11.4 Å². The number of esters is 2. The van der Waals surface area contributed by atoms with Gasteiger partial charge in [0, 0.05) is 31.0 Å². The van der Waals surface area contributed by atoms with Crippen LogP contribution in [-0.2, 0) is 23.9 Å². The summed E-state index contributed by atoms with van der Waals surface area (Å²) >= 11 is 6.18. The van der Waals surface area contributed by atoms with Crippen LogP contribution in [0, 0.1) is 19.3 Å². The van der Waals surface area contributed by atoms with Gasteiger partial charge in [0.25, 0.3) is 0 Å². The van der Waals surface area contributed by atoms with Gasteiger partial charge < -0.3 is 14.3 Å². The van der Waals surface area contributed by atoms with Crippen LogP contribution in [-0.4, -0.2) is 42.8 Å². The molecule has 6 nitrogen and oxygen atoms in total. The average molecular weight is 482 g/mol. The molecule has 1 aromatic rings. The molecule has 186 valence electrons. The van der Waals surface area contributed by atoms with Crippen molar-refractivity contribution in [3.8, 4) is 0 Å². The second-order valence-corrected chi connectivity index (χ2v) is 9.19. The minimum atomic E-state index is -0.971. The molecule has 0 saturated carbocycles. The number of nitrogens with zero attached hydrogens (tertiary/aromatic N) is 1. The minimum absolute atomic E-state index is 0.312. The molecular weight excluding hydrogens is 442 g/mol. The van der Waals surface area contributed by atoms with E-state index in [2.05, 4.69) is 0 Å². The normalized spacial score (nSPS) is 17.6. The van der Waals surface area contributed by atoms with E-state index in [9.17, 15) is 9.59 Å². The summed E-state index contributed by atoms with van der Waals surface area (Å²) in [4.78, 5) is 31.2. The van der Waals surface area contributed by atoms with Crippen molar-refractivity contribution < 1.29 is 23.9 Å². The first kappa shape index (κ1) is 29.1. The van der Waals surface area contributed by atoms with Crippen LogP contribution in [0.4, 0.5) is 0 Å². The highest BCUT2D eigenvalue weighted by molar-refractivity contribution is 6.31. The largest absolute Gasteiger partial charge is 0.447 e. The highest BCUT2D eigenvalue weighted by Crippen LogP contribution is 2.47. The van der Waals surface area contributed by atoms with Crippen LogP contribution in [0.3, 0.4) is 0 Å². The Kier molecular flexibility index (Phi) is 10.6. The monoisotopic (exact) mass is 481 g/mol. The van der Waals surface area contributed by atoms with E-state index >= 15 is 0 Å². The Hall–Kier alpha value is -1.89. The zero-order valence-electron chi connectivity index (χ0n) is 21.8. The lowest BCUT2D eigenvalue weighted by Gasteiger charge is -2.38. The van der Waals surface area contributed by atoms with E-state index in [0.29, 0.717) is 47.8 Å². The molecule has 2 heterocycles. The van der Waals surface area contributed by atoms with Crippen LogP contribution in [0.1, 0.15) is 78.0 Å². The number of hydrogen-bond acceptors (Lipinski definition) is 6. The second kappa shape index (κ2) is 12.0. The maximum atomic E-state index is 13.1. The summed E-state index contributed by atoms with van der Waals surface area (Å²) < 4.78 is 11.8. The third kappa shape index (κ3) is 6.37. The van der Waals surface area contributed by atoms with Gasteiger partial charge in [-0.25, -0.2) is 4.79 Å². The Morgan fingerprint density at radius 1 is 1.06 bits per heavy atom. The van der Waals surface area contributed by atoms with E-state index in [4.69, 9.17) is 25.9 Å². The molecule has 0 unspecified atom stereocenters. The summed E-state index contributed by atoms with van der Waals surface area (Å²) in [6, 6.07) is 3.60. The van der Waals surface area contributed by atoms with Crippen molar-refractivity contribution in [3.63, 3.8) is 0 Å². The van der Waals surface area contributed by atoms with Crippen LogP contribution in [0.15, 0.2) is 17.9 Å². The van der Waals surface area contributed by atoms with Crippen LogP contribution in [0.2, 0.25) is 5.02 Å². The van der Waals surface area contributed by atoms with Crippen LogP contribution >= 0.6 is 11.6 Å². The fourth-order valence-corrected chi connectivity index (χ4v) is 4.19. The van der Waals surface area contributed by atoms with Crippen molar-refractivity contribution in [2.75, 3.05) is 20.2 Å². The van der Waals surface area contributed by atoms with Gasteiger partial charge in [0.05, 0.1) is 12.5 Å². The average Bonchev–Trinajstić information content (AvgIpc) is 3.01. The number of halogens is 1. The lowest BCUT2D eigenvalue weighted by molar-refractivity contribution is -0.186. The number of carbonyl (C=O) groups excluding carboxylic acids is 2. The molecule has 2 aliphatic heterocycles. The smallest absolute Gasteiger partial charge is 0.343 e. The van der Waals surface area contributed by atoms with E-state index < -0.39 is 23.0 Å². The SMILES string of the molecule is CC.CC.CON1CCC2(CC1)OC(=O)C(c1c(C)cc(Cl)cc1C)=C2OC(=O)C(C)(C)C. The minimum Gasteiger partial charge on any atom is -0.447 e. The first-order valence-electron chi connectivity index (χ1n) is 11.7. The van der Waals surface area contributed by atoms with E-state index in [-0.39, 0.29) is 0 Å². The fraction of sp³-hybridized carbons (Fsp3) is 0.615. The van der Waals surface area contributed by atoms with E-state index in [1.807, 2.05) is 41.5 Å². The highest BCUT2D eigenvalue weighted by Gasteiger charge is 2.53. The van der Waals surface area contributed by atoms with E-state index in [1.54, 1.807) is 45.1 Å². The lowest BCUT2D eigenvalue weighted by Crippen LogP contribution is -2.46. The number of benzene rings is 1. The Morgan fingerprint density at radius 2 is 1.55 bits per heavy atom. The molecule has 0 N–H and O–H groups in total. The van der Waals surface area contributed by atoms with Gasteiger partial charge in [0.2, 0.25) is 0 Å². The third-order valence-corrected chi connectivity index (χ3v) is 5.69. The number of piperidine rings is 1. The summed E-state index contributed by atoms with van der Waals surface area (Å²) in [7, 11) is 1.61. The number of hydrogen-bond donors (Lipinski definition) is 0. The molecular formula is C26H40ClNO5. The molecule has 0 atom stereocenters. The molecule has 2 aliphatic rings. The number of carbonyl (C=O) groups is 2. The zero-order chi connectivity index (χ0) is 25.6. The Bertz CT molecular complexity index is 854. The topological polar surface area (TPSA) is 65.1 Å². The first-order chi connectivity index (χ1) is 15.5. The summed E-state index contributed by atoms with van der Waals surface area (Å²) in [6.07, 6.45) is 0.961. The summed E-state index contributed by atoms with van der Waals surface area (Å²) in [5.41, 5.74) is 1.00. The Labute approximate surface area is 204 Å². The quantitative estimate of drug-likeness (QED) is 0.474. The molecule has 1 saturated heterocycles. The molecule has 7 heteroatoms. The summed E-state index contributed by atoms with van der Waals surface area (Å²) in [5, 5.41) is 2.39. The molecule has 1 aromatic carbocycles. The Balaban J connectivity index is 0.00000129. The van der Waals surface area contributed by atoms with Gasteiger partial charge in [-0.1, -0.05) is 39.3 Å². The molecule has 0 aromatic heterocycles. The predicted octanol–water partition coefficient (Wildman–Crippen LogP) is 6.26. The number of aryl methyl sites for hydroxylation is 2. The Morgan fingerprint density at radius 3 is 1.97 bits per heavy atom. The van der Waals surface area contributed by atoms with Crippen molar-refractivity contribution in [1.82, 2.24) is 5.06 Å². The maximum Gasteiger partial charge on any atom is 0.343 e. The first-order valence-corrected chi connectivity index (χ1v) is 12.1. The lowest BCUT2D eigenvalue weighted by atomic mass is 9.86. The van der Waals surface area contributed by atoms with Crippen molar-refractivity contribution in [3.05, 3.63) is 39.6 Å². The van der Waals surface area contributed by atoms with Gasteiger partial charge in [-0.2, -0.15) is 5.06 Å². The van der Waals surface area contributed by atoms with Crippen molar-refractivity contribution >= 4 is 29.1 Å². The number of hydroxylamine groups is 2. The van der Waals surface area contributed by atoms with E-state index in [1.165, 1.54) is 0 Å². The zero-order valence-corrected chi connectivity index (χ0v) is 22.6. The van der Waals surface area contributed by atoms with Crippen LogP contribution in [0.25, 0.3) is 5.57 Å². The van der Waals surface area contributed by atoms with Crippen molar-refractivity contribution in [2.24, 2.45) is 5.41 Å². The van der Waals surface area contributed by atoms with Gasteiger partial charge in [-0.05, 0) is 63.4 Å². The van der Waals surface area contributed by atoms with Crippen LogP contribution in [0.5, 0.6) is 0 Å². The maximum absolute atomic E-state index is 13.1. The van der Waals surface area contributed by atoms with Crippen LogP contribution < -0.4 is 0 Å². The molecule has 0 radical (unpaired) electrons. The third-order valence-electron chi connectivity index (χ3n) is 5.48. The standard InChI is InChI=1S/C22H28ClNO5.2C2H6/c1-13-11-15(23)12-14(2)16(13)17-18(28-20(26)21(3,4)5)22(29-19(17)25)7-9-24(27-6)10-8-22;2*1-2/h11-12H,7-10H2,1-6H3;2*1-2H3. The second-order valence-electron chi connectivity index (χ2n) is 8.75. The highest BCUT2D eigenvalue weighted by atomic mass is 35.5. The van der Waals surface area contributed by atoms with Gasteiger partial charge >= 0.3 is 11.9 Å². The molecule has 0 amide bonds. The van der Waals surface area contributed by atoms with Crippen molar-refractivity contribution in [2.45, 2.75) is 80.8 Å². The molecule has 1 fully saturated rings. The molecule has 3 rings (SSSR count). The number of ether oxygens (including phenoxy) is 2. The molecule has 0 aliphatic carbocycles. The summed E-state index contributed by atoms with van der Waals surface area (Å²) in [5.74, 6) is -0.561. The fourth-order valence-electron chi connectivity index (χ4n) is 3.86. The van der Waals surface area contributed by atoms with Gasteiger partial charge in [0.1, 0.15) is 5.57 Å².